The molecule has 98 valence electrons. The van der Waals surface area contributed by atoms with Crippen molar-refractivity contribution in [3.8, 4) is 0 Å². The topological polar surface area (TPSA) is 20.3 Å². The first-order chi connectivity index (χ1) is 9.06. The van der Waals surface area contributed by atoms with Crippen molar-refractivity contribution in [3.05, 3.63) is 70.5 Å². The Balaban J connectivity index is 2.07. The zero-order chi connectivity index (χ0) is 13.8. The highest BCUT2D eigenvalue weighted by Crippen LogP contribution is 2.13. The van der Waals surface area contributed by atoms with E-state index in [1.54, 1.807) is 48.3 Å². The van der Waals surface area contributed by atoms with E-state index in [0.29, 0.717) is 17.1 Å². The Kier molecular flexibility index (Phi) is 4.17. The van der Waals surface area contributed by atoms with Crippen LogP contribution in [-0.2, 0) is 6.54 Å². The zero-order valence-corrected chi connectivity index (χ0v) is 11.2. The molecule has 2 aromatic carbocycles. The lowest BCUT2D eigenvalue weighted by atomic mass is 10.1. The Morgan fingerprint density at radius 3 is 2.26 bits per heavy atom. The first-order valence-corrected chi connectivity index (χ1v) is 6.19. The van der Waals surface area contributed by atoms with Crippen molar-refractivity contribution < 1.29 is 9.18 Å². The second-order valence-electron chi connectivity index (χ2n) is 4.29. The van der Waals surface area contributed by atoms with E-state index in [9.17, 15) is 9.18 Å². The highest BCUT2D eigenvalue weighted by atomic mass is 35.5. The second-order valence-corrected chi connectivity index (χ2v) is 4.73. The number of amides is 1. The van der Waals surface area contributed by atoms with Gasteiger partial charge in [-0.2, -0.15) is 0 Å². The molecule has 0 aliphatic heterocycles. The molecule has 0 saturated heterocycles. The van der Waals surface area contributed by atoms with Crippen molar-refractivity contribution in [2.75, 3.05) is 7.05 Å². The van der Waals surface area contributed by atoms with Crippen LogP contribution in [0, 0.1) is 5.82 Å². The minimum atomic E-state index is -0.282. The van der Waals surface area contributed by atoms with E-state index in [-0.39, 0.29) is 11.7 Å². The van der Waals surface area contributed by atoms with Crippen molar-refractivity contribution >= 4 is 17.5 Å². The largest absolute Gasteiger partial charge is 0.337 e. The lowest BCUT2D eigenvalue weighted by Gasteiger charge is -2.17. The van der Waals surface area contributed by atoms with Crippen molar-refractivity contribution in [2.45, 2.75) is 6.54 Å². The summed E-state index contributed by atoms with van der Waals surface area (Å²) in [6.45, 7) is 0.432. The van der Waals surface area contributed by atoms with Crippen LogP contribution in [0.2, 0.25) is 5.02 Å². The summed E-state index contributed by atoms with van der Waals surface area (Å²) in [5.41, 5.74) is 1.46. The van der Waals surface area contributed by atoms with Crippen molar-refractivity contribution in [3.63, 3.8) is 0 Å². The molecule has 0 bridgehead atoms. The number of benzene rings is 2. The van der Waals surface area contributed by atoms with Gasteiger partial charge in [0.1, 0.15) is 5.82 Å². The van der Waals surface area contributed by atoms with E-state index >= 15 is 0 Å². The molecule has 2 nitrogen and oxygen atoms in total. The van der Waals surface area contributed by atoms with Crippen LogP contribution < -0.4 is 0 Å². The van der Waals surface area contributed by atoms with E-state index in [4.69, 9.17) is 11.6 Å². The smallest absolute Gasteiger partial charge is 0.253 e. The maximum Gasteiger partial charge on any atom is 0.253 e. The molecule has 2 aromatic rings. The minimum absolute atomic E-state index is 0.0963. The first kappa shape index (κ1) is 13.6. The van der Waals surface area contributed by atoms with Crippen LogP contribution in [0.4, 0.5) is 4.39 Å². The van der Waals surface area contributed by atoms with Gasteiger partial charge in [0.15, 0.2) is 0 Å². The van der Waals surface area contributed by atoms with Crippen LogP contribution in [0.1, 0.15) is 15.9 Å². The van der Waals surface area contributed by atoms with Crippen molar-refractivity contribution in [1.29, 1.82) is 0 Å². The number of carbonyl (C=O) groups excluding carboxylic acids is 1. The van der Waals surface area contributed by atoms with Gasteiger partial charge in [-0.1, -0.05) is 23.7 Å². The summed E-state index contributed by atoms with van der Waals surface area (Å²) in [6.07, 6.45) is 0. The Labute approximate surface area is 116 Å². The summed E-state index contributed by atoms with van der Waals surface area (Å²) >= 11 is 5.78. The maximum absolute atomic E-state index is 12.8. The lowest BCUT2D eigenvalue weighted by Crippen LogP contribution is -2.26. The molecule has 0 atom stereocenters. The summed E-state index contributed by atoms with van der Waals surface area (Å²) in [5.74, 6) is -0.378. The average Bonchev–Trinajstić information content (AvgIpc) is 2.41. The van der Waals surface area contributed by atoms with Gasteiger partial charge >= 0.3 is 0 Å². The Morgan fingerprint density at radius 1 is 1.11 bits per heavy atom. The Bertz CT molecular complexity index is 566. The third kappa shape index (κ3) is 3.55. The number of nitrogens with zero attached hydrogens (tertiary/aromatic N) is 1. The number of halogens is 2. The monoisotopic (exact) mass is 277 g/mol. The summed E-state index contributed by atoms with van der Waals surface area (Å²) in [4.78, 5) is 13.7. The fourth-order valence-electron chi connectivity index (χ4n) is 1.75. The van der Waals surface area contributed by atoms with Gasteiger partial charge in [-0.25, -0.2) is 4.39 Å². The molecule has 0 aliphatic rings. The van der Waals surface area contributed by atoms with E-state index in [1.807, 2.05) is 0 Å². The van der Waals surface area contributed by atoms with Gasteiger partial charge in [0.2, 0.25) is 0 Å². The summed E-state index contributed by atoms with van der Waals surface area (Å²) in [6, 6.07) is 12.8. The first-order valence-electron chi connectivity index (χ1n) is 5.82. The van der Waals surface area contributed by atoms with E-state index in [1.165, 1.54) is 12.1 Å². The molecule has 0 radical (unpaired) electrons. The predicted molar refractivity (Wildman–Crippen MR) is 73.6 cm³/mol. The van der Waals surface area contributed by atoms with Crippen molar-refractivity contribution in [1.82, 2.24) is 4.90 Å². The molecule has 0 aromatic heterocycles. The van der Waals surface area contributed by atoms with Crippen LogP contribution in [0.25, 0.3) is 0 Å². The van der Waals surface area contributed by atoms with Crippen LogP contribution >= 0.6 is 11.6 Å². The van der Waals surface area contributed by atoms with E-state index in [0.717, 1.165) is 5.56 Å². The number of hydrogen-bond donors (Lipinski definition) is 0. The molecule has 0 spiro atoms. The molecule has 0 aliphatic carbocycles. The summed E-state index contributed by atoms with van der Waals surface area (Å²) in [7, 11) is 1.71. The van der Waals surface area contributed by atoms with Crippen molar-refractivity contribution in [2.24, 2.45) is 0 Å². The molecule has 2 rings (SSSR count). The van der Waals surface area contributed by atoms with Crippen LogP contribution in [0.15, 0.2) is 48.5 Å². The van der Waals surface area contributed by atoms with Crippen LogP contribution in [0.5, 0.6) is 0 Å². The molecule has 4 heteroatoms. The minimum Gasteiger partial charge on any atom is -0.337 e. The second kappa shape index (κ2) is 5.85. The lowest BCUT2D eigenvalue weighted by molar-refractivity contribution is 0.0785. The fraction of sp³-hybridized carbons (Fsp3) is 0.133. The normalized spacial score (nSPS) is 10.3. The Morgan fingerprint density at radius 2 is 1.68 bits per heavy atom. The number of rotatable bonds is 3. The summed E-state index contributed by atoms with van der Waals surface area (Å²) in [5, 5.41) is 0.595. The molecule has 0 saturated carbocycles. The quantitative estimate of drug-likeness (QED) is 0.837. The molecular weight excluding hydrogens is 265 g/mol. The standard InChI is InChI=1S/C15H13ClFNO/c1-18(10-11-2-8-14(17)9-3-11)15(19)12-4-6-13(16)7-5-12/h2-9H,10H2,1H3. The van der Waals surface area contributed by atoms with Gasteiger partial charge in [-0.15, -0.1) is 0 Å². The third-order valence-electron chi connectivity index (χ3n) is 2.77. The molecule has 0 N–H and O–H groups in total. The molecule has 1 amide bonds. The highest BCUT2D eigenvalue weighted by molar-refractivity contribution is 6.30. The van der Waals surface area contributed by atoms with Crippen LogP contribution in [-0.4, -0.2) is 17.9 Å². The van der Waals surface area contributed by atoms with Gasteiger partial charge in [-0.3, -0.25) is 4.79 Å². The van der Waals surface area contributed by atoms with Gasteiger partial charge in [0, 0.05) is 24.2 Å². The zero-order valence-electron chi connectivity index (χ0n) is 10.4. The molecule has 0 heterocycles. The molecule has 0 fully saturated rings. The van der Waals surface area contributed by atoms with Gasteiger partial charge in [-0.05, 0) is 42.0 Å². The van der Waals surface area contributed by atoms with Gasteiger partial charge < -0.3 is 4.90 Å². The van der Waals surface area contributed by atoms with Gasteiger partial charge in [0.25, 0.3) is 5.91 Å². The molecule has 0 unspecified atom stereocenters. The average molecular weight is 278 g/mol. The summed E-state index contributed by atoms with van der Waals surface area (Å²) < 4.78 is 12.8. The van der Waals surface area contributed by atoms with E-state index in [2.05, 4.69) is 0 Å². The van der Waals surface area contributed by atoms with Gasteiger partial charge in [0.05, 0.1) is 0 Å². The molecule has 19 heavy (non-hydrogen) atoms. The number of carbonyl (C=O) groups is 1. The third-order valence-corrected chi connectivity index (χ3v) is 3.02. The van der Waals surface area contributed by atoms with E-state index < -0.39 is 0 Å². The number of hydrogen-bond acceptors (Lipinski definition) is 1. The van der Waals surface area contributed by atoms with Crippen LogP contribution in [0.3, 0.4) is 0 Å². The Hall–Kier alpha value is -1.87. The molecular formula is C15H13ClFNO. The highest BCUT2D eigenvalue weighted by Gasteiger charge is 2.11. The fourth-order valence-corrected chi connectivity index (χ4v) is 1.87. The maximum atomic E-state index is 12.8. The predicted octanol–water partition coefficient (Wildman–Crippen LogP) is 3.75. The SMILES string of the molecule is CN(Cc1ccc(F)cc1)C(=O)c1ccc(Cl)cc1.